The molecule has 0 saturated carbocycles. The maximum atomic E-state index is 13.2. The number of aromatic nitrogens is 1. The van der Waals surface area contributed by atoms with Crippen LogP contribution >= 0.6 is 34.9 Å². The molecule has 3 aromatic rings. The Labute approximate surface area is 181 Å². The minimum absolute atomic E-state index is 0.0532. The Kier molecular flexibility index (Phi) is 5.75. The molecule has 4 rings (SSSR count). The van der Waals surface area contributed by atoms with Gasteiger partial charge in [0.05, 0.1) is 17.4 Å². The van der Waals surface area contributed by atoms with E-state index < -0.39 is 13.7 Å². The van der Waals surface area contributed by atoms with E-state index in [0.717, 1.165) is 21.3 Å². The molecule has 0 fully saturated rings. The molecule has 3 N–H and O–H groups in total. The number of thiazole rings is 1. The van der Waals surface area contributed by atoms with Gasteiger partial charge in [0.25, 0.3) is 0 Å². The van der Waals surface area contributed by atoms with Crippen LogP contribution in [0.3, 0.4) is 0 Å². The number of furan rings is 1. The average Bonchev–Trinajstić information content (AvgIpc) is 3.21. The number of hydrogen-bond donors (Lipinski definition) is 2. The van der Waals surface area contributed by atoms with Gasteiger partial charge in [0.1, 0.15) is 5.76 Å². The van der Waals surface area contributed by atoms with Gasteiger partial charge in [-0.15, -0.1) is 11.3 Å². The Morgan fingerprint density at radius 3 is 2.93 bits per heavy atom. The molecule has 3 heterocycles. The molecule has 2 unspecified atom stereocenters. The molecule has 9 heteroatoms. The lowest BCUT2D eigenvalue weighted by Crippen LogP contribution is -2.14. The molecule has 1 aliphatic heterocycles. The van der Waals surface area contributed by atoms with Gasteiger partial charge in [-0.25, -0.2) is 4.98 Å². The summed E-state index contributed by atoms with van der Waals surface area (Å²) in [7, 11) is -4.22. The molecule has 1 aliphatic rings. The molecule has 0 aliphatic carbocycles. The second kappa shape index (κ2) is 8.00. The highest BCUT2D eigenvalue weighted by molar-refractivity contribution is 9.10. The fraction of sp³-hybridized carbons (Fsp3) is 0.350. The van der Waals surface area contributed by atoms with Crippen molar-refractivity contribution in [3.63, 3.8) is 0 Å². The number of hydrogen-bond acceptors (Lipinski definition) is 6. The van der Waals surface area contributed by atoms with Crippen LogP contribution in [-0.4, -0.2) is 9.88 Å². The fourth-order valence-corrected chi connectivity index (χ4v) is 6.35. The van der Waals surface area contributed by atoms with Gasteiger partial charge in [-0.1, -0.05) is 41.9 Å². The third-order valence-electron chi connectivity index (χ3n) is 4.73. The van der Waals surface area contributed by atoms with Crippen molar-refractivity contribution in [3.8, 4) is 11.3 Å². The zero-order valence-corrected chi connectivity index (χ0v) is 19.4. The Bertz CT molecular complexity index is 1090. The van der Waals surface area contributed by atoms with Crippen molar-refractivity contribution >= 4 is 45.5 Å². The van der Waals surface area contributed by atoms with Gasteiger partial charge in [-0.3, -0.25) is 9.09 Å². The van der Waals surface area contributed by atoms with E-state index in [-0.39, 0.29) is 5.50 Å². The van der Waals surface area contributed by atoms with Crippen molar-refractivity contribution in [3.05, 3.63) is 51.0 Å². The summed E-state index contributed by atoms with van der Waals surface area (Å²) in [5, 5.41) is 0.430. The summed E-state index contributed by atoms with van der Waals surface area (Å²) in [5.74, 6) is 1.05. The highest BCUT2D eigenvalue weighted by Gasteiger charge is 2.38. The second-order valence-electron chi connectivity index (χ2n) is 7.56. The topological polar surface area (TPSA) is 98.6 Å². The zero-order chi connectivity index (χ0) is 20.8. The lowest BCUT2D eigenvalue weighted by molar-refractivity contribution is 0.164. The Morgan fingerprint density at radius 1 is 1.41 bits per heavy atom. The number of nitrogens with two attached hydrogens (primary N) is 1. The number of anilines is 1. The number of rotatable bonds is 4. The third kappa shape index (κ3) is 4.37. The first-order valence-corrected chi connectivity index (χ1v) is 12.6. The highest BCUT2D eigenvalue weighted by Crippen LogP contribution is 2.52. The molecule has 0 radical (unpaired) electrons. The van der Waals surface area contributed by atoms with Crippen molar-refractivity contribution in [1.82, 2.24) is 4.98 Å². The van der Waals surface area contributed by atoms with E-state index >= 15 is 0 Å². The van der Waals surface area contributed by atoms with Crippen LogP contribution in [0.25, 0.3) is 11.3 Å². The largest absolute Gasteiger partial charge is 0.452 e. The number of nitrogen functional groups attached to an aromatic ring is 1. The van der Waals surface area contributed by atoms with Gasteiger partial charge in [0.15, 0.2) is 5.13 Å². The SMILES string of the molecule is CC(C)Cc1sc(N)nc1-c1cc2oc1P(=O)(O)OC(c1cccc(Br)c1)CC2. The predicted molar refractivity (Wildman–Crippen MR) is 119 cm³/mol. The number of nitrogens with zero attached hydrogens (tertiary/aromatic N) is 1. The number of benzene rings is 1. The van der Waals surface area contributed by atoms with Crippen LogP contribution in [0.5, 0.6) is 0 Å². The number of fused-ring (bicyclic) bond motifs is 2. The fourth-order valence-electron chi connectivity index (χ4n) is 3.50. The summed E-state index contributed by atoms with van der Waals surface area (Å²) in [6, 6.07) is 9.40. The maximum absolute atomic E-state index is 13.2. The van der Waals surface area contributed by atoms with Crippen LogP contribution in [0.2, 0.25) is 0 Å². The van der Waals surface area contributed by atoms with Gasteiger partial charge >= 0.3 is 7.60 Å². The first-order chi connectivity index (χ1) is 13.7. The molecular weight excluding hydrogens is 475 g/mol. The highest BCUT2D eigenvalue weighted by atomic mass is 79.9. The molecule has 2 aromatic heterocycles. The van der Waals surface area contributed by atoms with Crippen LogP contribution in [0.1, 0.15) is 42.6 Å². The standard InChI is InChI=1S/C20H22BrN2O4PS/c1-11(2)8-17-18(23-20(22)29-17)15-10-14-6-7-16(12-4-3-5-13(21)9-12)27-28(24,25)19(15)26-14/h3-5,9-11,16H,6-8H2,1-2H3,(H2,22,23)(H,24,25). The summed E-state index contributed by atoms with van der Waals surface area (Å²) in [5.41, 5.74) is 7.87. The van der Waals surface area contributed by atoms with E-state index in [1.807, 2.05) is 30.3 Å². The molecule has 0 spiro atoms. The Hall–Kier alpha value is -1.44. The van der Waals surface area contributed by atoms with Crippen LogP contribution in [0, 0.1) is 5.92 Å². The monoisotopic (exact) mass is 496 g/mol. The summed E-state index contributed by atoms with van der Waals surface area (Å²) in [4.78, 5) is 16.3. The average molecular weight is 497 g/mol. The molecule has 2 atom stereocenters. The van der Waals surface area contributed by atoms with E-state index in [1.54, 1.807) is 0 Å². The lowest BCUT2D eigenvalue weighted by atomic mass is 10.0. The molecular formula is C20H22BrN2O4PS. The van der Waals surface area contributed by atoms with Crippen LogP contribution in [0.15, 0.2) is 39.2 Å². The molecule has 1 aromatic carbocycles. The normalized spacial score (nSPS) is 21.9. The Balaban J connectivity index is 1.76. The zero-order valence-electron chi connectivity index (χ0n) is 16.1. The van der Waals surface area contributed by atoms with E-state index in [2.05, 4.69) is 34.8 Å². The van der Waals surface area contributed by atoms with Crippen molar-refractivity contribution in [2.75, 3.05) is 5.73 Å². The van der Waals surface area contributed by atoms with E-state index in [4.69, 9.17) is 14.7 Å². The van der Waals surface area contributed by atoms with Gasteiger partial charge in [0.2, 0.25) is 5.50 Å². The maximum Gasteiger partial charge on any atom is 0.395 e. The second-order valence-corrected chi connectivity index (χ2v) is 11.3. The third-order valence-corrected chi connectivity index (χ3v) is 7.51. The molecule has 29 heavy (non-hydrogen) atoms. The first kappa shape index (κ1) is 20.8. The minimum atomic E-state index is -4.22. The molecule has 2 bridgehead atoms. The quantitative estimate of drug-likeness (QED) is 0.465. The number of aryl methyl sites for hydroxylation is 1. The van der Waals surface area contributed by atoms with Gasteiger partial charge in [-0.2, -0.15) is 0 Å². The summed E-state index contributed by atoms with van der Waals surface area (Å²) >= 11 is 4.85. The number of halogens is 1. The minimum Gasteiger partial charge on any atom is -0.452 e. The Morgan fingerprint density at radius 2 is 2.21 bits per heavy atom. The first-order valence-electron chi connectivity index (χ1n) is 9.38. The summed E-state index contributed by atoms with van der Waals surface area (Å²) in [6.45, 7) is 4.22. The lowest BCUT2D eigenvalue weighted by Gasteiger charge is -2.22. The van der Waals surface area contributed by atoms with Crippen molar-refractivity contribution in [1.29, 1.82) is 0 Å². The summed E-state index contributed by atoms with van der Waals surface area (Å²) < 4.78 is 25.7. The van der Waals surface area contributed by atoms with E-state index in [1.165, 1.54) is 11.3 Å². The van der Waals surface area contributed by atoms with Crippen LogP contribution in [0.4, 0.5) is 5.13 Å². The molecule has 154 valence electrons. The van der Waals surface area contributed by atoms with Crippen molar-refractivity contribution in [2.45, 2.75) is 39.2 Å². The van der Waals surface area contributed by atoms with Crippen molar-refractivity contribution in [2.24, 2.45) is 5.92 Å². The van der Waals surface area contributed by atoms with Gasteiger partial charge in [-0.05, 0) is 42.5 Å². The van der Waals surface area contributed by atoms with Crippen molar-refractivity contribution < 1.29 is 18.4 Å². The predicted octanol–water partition coefficient (Wildman–Crippen LogP) is 5.46. The molecule has 0 amide bonds. The summed E-state index contributed by atoms with van der Waals surface area (Å²) in [6.07, 6.45) is 1.39. The molecule has 0 saturated heterocycles. The van der Waals surface area contributed by atoms with E-state index in [0.29, 0.717) is 40.9 Å². The molecule has 6 nitrogen and oxygen atoms in total. The van der Waals surface area contributed by atoms with Gasteiger partial charge in [0, 0.05) is 15.8 Å². The van der Waals surface area contributed by atoms with Crippen LogP contribution < -0.4 is 11.2 Å². The van der Waals surface area contributed by atoms with Crippen LogP contribution in [-0.2, 0) is 21.9 Å². The smallest absolute Gasteiger partial charge is 0.395 e. The van der Waals surface area contributed by atoms with Gasteiger partial charge < -0.3 is 15.0 Å². The van der Waals surface area contributed by atoms with E-state index in [9.17, 15) is 9.46 Å².